The van der Waals surface area contributed by atoms with Crippen molar-refractivity contribution in [1.82, 2.24) is 9.97 Å². The molecule has 2 rings (SSSR count). The number of aromatic nitrogens is 2. The second kappa shape index (κ2) is 4.36. The molecule has 0 aromatic carbocycles. The van der Waals surface area contributed by atoms with Crippen LogP contribution in [0, 0.1) is 6.92 Å². The molecular weight excluding hydrogens is 224 g/mol. The number of hydrogen-bond acceptors (Lipinski definition) is 5. The van der Waals surface area contributed by atoms with Crippen molar-refractivity contribution in [3.63, 3.8) is 0 Å². The highest BCUT2D eigenvalue weighted by atomic mass is 32.1. The Bertz CT molecular complexity index is 546. The van der Waals surface area contributed by atoms with Crippen LogP contribution in [0.3, 0.4) is 0 Å². The lowest BCUT2D eigenvalue weighted by Gasteiger charge is -2.05. The van der Waals surface area contributed by atoms with Crippen molar-refractivity contribution in [2.45, 2.75) is 13.5 Å². The van der Waals surface area contributed by atoms with Gasteiger partial charge in [-0.25, -0.2) is 4.98 Å². The molecule has 0 saturated heterocycles. The Morgan fingerprint density at radius 2 is 2.44 bits per heavy atom. The summed E-state index contributed by atoms with van der Waals surface area (Å²) in [6.07, 6.45) is 1.72. The minimum absolute atomic E-state index is 0.0480. The number of thiazole rings is 1. The zero-order valence-electron chi connectivity index (χ0n) is 8.78. The lowest BCUT2D eigenvalue weighted by molar-refractivity contribution is 1.04. The Labute approximate surface area is 96.3 Å². The first-order valence-corrected chi connectivity index (χ1v) is 5.66. The van der Waals surface area contributed by atoms with Crippen molar-refractivity contribution < 1.29 is 0 Å². The molecule has 2 heterocycles. The Morgan fingerprint density at radius 3 is 3.06 bits per heavy atom. The number of aromatic amines is 1. The summed E-state index contributed by atoms with van der Waals surface area (Å²) in [5.41, 5.74) is 8.26. The Morgan fingerprint density at radius 1 is 1.62 bits per heavy atom. The van der Waals surface area contributed by atoms with Crippen LogP contribution in [0.25, 0.3) is 0 Å². The molecule has 0 unspecified atom stereocenters. The molecule has 6 heteroatoms. The number of nitrogen functional groups attached to an aromatic ring is 1. The molecule has 2 aromatic rings. The first-order valence-electron chi connectivity index (χ1n) is 4.78. The summed E-state index contributed by atoms with van der Waals surface area (Å²) in [6.45, 7) is 2.44. The summed E-state index contributed by atoms with van der Waals surface area (Å²) in [5.74, 6) is 0.704. The van der Waals surface area contributed by atoms with Crippen molar-refractivity contribution in [2.75, 3.05) is 11.1 Å². The SMILES string of the molecule is Cc1cnc(NCc2csc(=O)[nH]2)cc1N. The van der Waals surface area contributed by atoms with Gasteiger partial charge in [0.1, 0.15) is 5.82 Å². The summed E-state index contributed by atoms with van der Waals surface area (Å²) in [7, 11) is 0. The molecule has 16 heavy (non-hydrogen) atoms. The molecule has 0 saturated carbocycles. The number of nitrogens with zero attached hydrogens (tertiary/aromatic N) is 1. The number of H-pyrrole nitrogens is 1. The average Bonchev–Trinajstić information content (AvgIpc) is 2.66. The Balaban J connectivity index is 2.04. The van der Waals surface area contributed by atoms with E-state index in [2.05, 4.69) is 15.3 Å². The summed E-state index contributed by atoms with van der Waals surface area (Å²) in [6, 6.07) is 1.78. The van der Waals surface area contributed by atoms with E-state index >= 15 is 0 Å². The van der Waals surface area contributed by atoms with Crippen LogP contribution in [-0.2, 0) is 6.54 Å². The quantitative estimate of drug-likeness (QED) is 0.750. The van der Waals surface area contributed by atoms with Gasteiger partial charge in [-0.15, -0.1) is 0 Å². The van der Waals surface area contributed by atoms with Crippen LogP contribution in [0.5, 0.6) is 0 Å². The molecule has 0 radical (unpaired) electrons. The maximum absolute atomic E-state index is 10.9. The molecule has 0 aliphatic carbocycles. The third kappa shape index (κ3) is 2.40. The van der Waals surface area contributed by atoms with Crippen LogP contribution in [0.2, 0.25) is 0 Å². The van der Waals surface area contributed by atoms with E-state index in [4.69, 9.17) is 5.73 Å². The van der Waals surface area contributed by atoms with E-state index in [0.29, 0.717) is 18.1 Å². The molecule has 0 aliphatic heterocycles. The summed E-state index contributed by atoms with van der Waals surface area (Å²) in [5, 5.41) is 4.87. The lowest BCUT2D eigenvalue weighted by atomic mass is 10.2. The third-order valence-electron chi connectivity index (χ3n) is 2.18. The van der Waals surface area contributed by atoms with Gasteiger partial charge in [0.15, 0.2) is 0 Å². The van der Waals surface area contributed by atoms with E-state index < -0.39 is 0 Å². The summed E-state index contributed by atoms with van der Waals surface area (Å²) >= 11 is 1.15. The minimum Gasteiger partial charge on any atom is -0.398 e. The van der Waals surface area contributed by atoms with Gasteiger partial charge in [0.2, 0.25) is 0 Å². The smallest absolute Gasteiger partial charge is 0.304 e. The highest BCUT2D eigenvalue weighted by Gasteiger charge is 2.00. The predicted molar refractivity (Wildman–Crippen MR) is 65.7 cm³/mol. The maximum atomic E-state index is 10.9. The minimum atomic E-state index is -0.0480. The van der Waals surface area contributed by atoms with Gasteiger partial charge in [0.25, 0.3) is 0 Å². The van der Waals surface area contributed by atoms with Gasteiger partial charge in [0.05, 0.1) is 6.54 Å². The fourth-order valence-electron chi connectivity index (χ4n) is 1.22. The van der Waals surface area contributed by atoms with Crippen molar-refractivity contribution in [1.29, 1.82) is 0 Å². The van der Waals surface area contributed by atoms with Gasteiger partial charge >= 0.3 is 4.87 Å². The molecule has 4 N–H and O–H groups in total. The zero-order valence-corrected chi connectivity index (χ0v) is 9.60. The number of nitrogens with one attached hydrogen (secondary N) is 2. The maximum Gasteiger partial charge on any atom is 0.304 e. The van der Waals surface area contributed by atoms with Crippen LogP contribution in [0.1, 0.15) is 11.3 Å². The number of hydrogen-bond donors (Lipinski definition) is 3. The van der Waals surface area contributed by atoms with Gasteiger partial charge in [0, 0.05) is 29.0 Å². The largest absolute Gasteiger partial charge is 0.398 e. The van der Waals surface area contributed by atoms with Gasteiger partial charge in [-0.2, -0.15) is 0 Å². The first-order chi connectivity index (χ1) is 7.65. The fourth-order valence-corrected chi connectivity index (χ4v) is 1.80. The monoisotopic (exact) mass is 236 g/mol. The number of aryl methyl sites for hydroxylation is 1. The van der Waals surface area contributed by atoms with Crippen LogP contribution >= 0.6 is 11.3 Å². The normalized spacial score (nSPS) is 10.3. The van der Waals surface area contributed by atoms with Crippen molar-refractivity contribution in [3.8, 4) is 0 Å². The van der Waals surface area contributed by atoms with Crippen LogP contribution < -0.4 is 15.9 Å². The standard InChI is InChI=1S/C10H12N4OS/c1-6-3-12-9(2-8(6)11)13-4-7-5-16-10(15)14-7/h2-3,5H,4H2,1H3,(H,14,15)(H3,11,12,13). The topological polar surface area (TPSA) is 83.8 Å². The highest BCUT2D eigenvalue weighted by molar-refractivity contribution is 7.07. The zero-order chi connectivity index (χ0) is 11.5. The van der Waals surface area contributed by atoms with Crippen LogP contribution in [0.4, 0.5) is 11.5 Å². The van der Waals surface area contributed by atoms with Crippen LogP contribution in [-0.4, -0.2) is 9.97 Å². The summed E-state index contributed by atoms with van der Waals surface area (Å²) < 4.78 is 0. The van der Waals surface area contributed by atoms with E-state index in [1.165, 1.54) is 0 Å². The van der Waals surface area contributed by atoms with Crippen molar-refractivity contribution in [2.24, 2.45) is 0 Å². The predicted octanol–water partition coefficient (Wildman–Crippen LogP) is 1.33. The molecule has 0 atom stereocenters. The molecule has 5 nitrogen and oxygen atoms in total. The van der Waals surface area contributed by atoms with Gasteiger partial charge in [-0.1, -0.05) is 11.3 Å². The Kier molecular flexibility index (Phi) is 2.91. The molecule has 84 valence electrons. The molecule has 0 spiro atoms. The molecule has 0 amide bonds. The number of anilines is 2. The molecule has 0 bridgehead atoms. The Hall–Kier alpha value is -1.82. The summed E-state index contributed by atoms with van der Waals surface area (Å²) in [4.78, 5) is 17.7. The highest BCUT2D eigenvalue weighted by Crippen LogP contribution is 2.14. The van der Waals surface area contributed by atoms with Crippen LogP contribution in [0.15, 0.2) is 22.4 Å². The third-order valence-corrected chi connectivity index (χ3v) is 2.89. The second-order valence-corrected chi connectivity index (χ2v) is 4.30. The lowest BCUT2D eigenvalue weighted by Crippen LogP contribution is -2.04. The van der Waals surface area contributed by atoms with E-state index in [1.807, 2.05) is 6.92 Å². The molecule has 2 aromatic heterocycles. The van der Waals surface area contributed by atoms with Crippen molar-refractivity contribution >= 4 is 22.8 Å². The number of pyridine rings is 1. The second-order valence-electron chi connectivity index (χ2n) is 3.45. The number of rotatable bonds is 3. The fraction of sp³-hybridized carbons (Fsp3) is 0.200. The van der Waals surface area contributed by atoms with Crippen molar-refractivity contribution in [3.05, 3.63) is 38.6 Å². The van der Waals surface area contributed by atoms with Gasteiger partial charge in [-0.05, 0) is 12.5 Å². The van der Waals surface area contributed by atoms with Gasteiger partial charge in [-0.3, -0.25) is 4.79 Å². The average molecular weight is 236 g/mol. The van der Waals surface area contributed by atoms with E-state index in [0.717, 1.165) is 22.6 Å². The van der Waals surface area contributed by atoms with E-state index in [9.17, 15) is 4.79 Å². The van der Waals surface area contributed by atoms with Gasteiger partial charge < -0.3 is 16.0 Å². The van der Waals surface area contributed by atoms with E-state index in [1.54, 1.807) is 17.6 Å². The first kappa shape index (κ1) is 10.7. The molecule has 0 fully saturated rings. The van der Waals surface area contributed by atoms with E-state index in [-0.39, 0.29) is 4.87 Å². The molecule has 0 aliphatic rings. The number of nitrogens with two attached hydrogens (primary N) is 1. The molecular formula is C10H12N4OS.